The second kappa shape index (κ2) is 4.36. The summed E-state index contributed by atoms with van der Waals surface area (Å²) in [5, 5.41) is 0.933. The van der Waals surface area contributed by atoms with Crippen molar-refractivity contribution < 1.29 is 9.53 Å². The van der Waals surface area contributed by atoms with E-state index in [9.17, 15) is 4.79 Å². The van der Waals surface area contributed by atoms with Gasteiger partial charge in [0.15, 0.2) is 0 Å². The first-order valence-electron chi connectivity index (χ1n) is 5.92. The summed E-state index contributed by atoms with van der Waals surface area (Å²) < 4.78 is 5.61. The maximum atomic E-state index is 11.7. The molecule has 0 radical (unpaired) electrons. The van der Waals surface area contributed by atoms with Gasteiger partial charge in [-0.05, 0) is 25.7 Å². The first-order chi connectivity index (χ1) is 8.29. The Bertz CT molecular complexity index is 436. The number of hydrogen-bond acceptors (Lipinski definition) is 5. The zero-order valence-electron chi connectivity index (χ0n) is 9.44. The number of nitrogens with one attached hydrogen (secondary N) is 1. The van der Waals surface area contributed by atoms with Gasteiger partial charge in [-0.1, -0.05) is 0 Å². The number of nitrogen functional groups attached to an aromatic ring is 1. The highest BCUT2D eigenvalue weighted by atomic mass is 32.1. The lowest BCUT2D eigenvalue weighted by atomic mass is 10.2. The van der Waals surface area contributed by atoms with Crippen LogP contribution in [0.5, 0.6) is 0 Å². The smallest absolute Gasteiger partial charge is 0.277 e. The fraction of sp³-hybridized carbons (Fsp3) is 0.636. The Morgan fingerprint density at radius 2 is 2.29 bits per heavy atom. The normalized spacial score (nSPS) is 23.9. The molecular weight excluding hydrogens is 238 g/mol. The molecule has 2 fully saturated rings. The summed E-state index contributed by atoms with van der Waals surface area (Å²) in [7, 11) is 0. The molecule has 1 unspecified atom stereocenters. The zero-order valence-corrected chi connectivity index (χ0v) is 10.3. The molecule has 0 spiro atoms. The van der Waals surface area contributed by atoms with Gasteiger partial charge in [-0.3, -0.25) is 10.2 Å². The Kier molecular flexibility index (Phi) is 2.85. The maximum Gasteiger partial charge on any atom is 0.277 e. The van der Waals surface area contributed by atoms with Crippen LogP contribution in [0.1, 0.15) is 58.1 Å². The van der Waals surface area contributed by atoms with Gasteiger partial charge >= 0.3 is 0 Å². The summed E-state index contributed by atoms with van der Waals surface area (Å²) in [5.41, 5.74) is 3.12. The fourth-order valence-electron chi connectivity index (χ4n) is 2.12. The lowest BCUT2D eigenvalue weighted by Crippen LogP contribution is -2.30. The second-order valence-corrected chi connectivity index (χ2v) is 5.55. The van der Waals surface area contributed by atoms with Crippen LogP contribution < -0.4 is 11.3 Å². The van der Waals surface area contributed by atoms with E-state index >= 15 is 0 Å². The molecule has 3 rings (SSSR count). The van der Waals surface area contributed by atoms with Crippen LogP contribution in [0.3, 0.4) is 0 Å². The van der Waals surface area contributed by atoms with Crippen LogP contribution >= 0.6 is 11.3 Å². The number of rotatable bonds is 3. The molecule has 2 aliphatic rings. The Morgan fingerprint density at radius 1 is 1.47 bits per heavy atom. The van der Waals surface area contributed by atoms with Gasteiger partial charge < -0.3 is 4.74 Å². The highest BCUT2D eigenvalue weighted by molar-refractivity contribution is 7.13. The minimum absolute atomic E-state index is 0.0804. The number of ether oxygens (including phenoxy) is 1. The lowest BCUT2D eigenvalue weighted by molar-refractivity contribution is 0.0956. The monoisotopic (exact) mass is 253 g/mol. The van der Waals surface area contributed by atoms with Gasteiger partial charge in [-0.25, -0.2) is 10.8 Å². The van der Waals surface area contributed by atoms with Crippen molar-refractivity contribution in [2.45, 2.75) is 37.7 Å². The van der Waals surface area contributed by atoms with Crippen molar-refractivity contribution in [2.24, 2.45) is 5.84 Å². The minimum Gasteiger partial charge on any atom is -0.371 e. The molecule has 92 valence electrons. The summed E-state index contributed by atoms with van der Waals surface area (Å²) in [5.74, 6) is 5.43. The molecule has 1 amide bonds. The molecule has 1 atom stereocenters. The number of carbonyl (C=O) groups excluding carboxylic acids is 1. The molecule has 5 nitrogen and oxygen atoms in total. The molecule has 1 saturated heterocycles. The molecule has 1 aliphatic heterocycles. The van der Waals surface area contributed by atoms with Crippen LogP contribution in [-0.4, -0.2) is 17.5 Å². The molecule has 6 heteroatoms. The third-order valence-electron chi connectivity index (χ3n) is 3.18. The highest BCUT2D eigenvalue weighted by Crippen LogP contribution is 2.44. The van der Waals surface area contributed by atoms with Gasteiger partial charge in [0.1, 0.15) is 16.0 Å². The van der Waals surface area contributed by atoms with Crippen molar-refractivity contribution in [3.8, 4) is 0 Å². The standard InChI is InChI=1S/C11H15N3O2S/c12-14-10(15)9-8(6-3-4-6)13-11(17-9)7-2-1-5-16-7/h6-7H,1-5,12H2,(H,14,15). The van der Waals surface area contributed by atoms with Crippen molar-refractivity contribution in [1.29, 1.82) is 0 Å². The number of carbonyl (C=O) groups is 1. The molecule has 1 saturated carbocycles. The molecule has 2 heterocycles. The molecule has 0 aromatic carbocycles. The summed E-state index contributed by atoms with van der Waals surface area (Å²) in [6, 6.07) is 0. The van der Waals surface area contributed by atoms with Gasteiger partial charge in [0, 0.05) is 12.5 Å². The predicted molar refractivity (Wildman–Crippen MR) is 63.7 cm³/mol. The van der Waals surface area contributed by atoms with Crippen LogP contribution in [0.25, 0.3) is 0 Å². The van der Waals surface area contributed by atoms with E-state index in [-0.39, 0.29) is 12.0 Å². The van der Waals surface area contributed by atoms with Gasteiger partial charge in [0.2, 0.25) is 0 Å². The molecule has 1 aromatic heterocycles. The van der Waals surface area contributed by atoms with E-state index in [0.29, 0.717) is 10.8 Å². The van der Waals surface area contributed by atoms with E-state index in [1.165, 1.54) is 11.3 Å². The highest BCUT2D eigenvalue weighted by Gasteiger charge is 2.33. The Hall–Kier alpha value is -0.980. The quantitative estimate of drug-likeness (QED) is 0.486. The third kappa shape index (κ3) is 2.08. The van der Waals surface area contributed by atoms with E-state index in [0.717, 1.165) is 43.0 Å². The molecule has 3 N–H and O–H groups in total. The van der Waals surface area contributed by atoms with Crippen LogP contribution in [0.2, 0.25) is 0 Å². The molecule has 1 aromatic rings. The van der Waals surface area contributed by atoms with E-state index in [2.05, 4.69) is 10.4 Å². The van der Waals surface area contributed by atoms with Crippen molar-refractivity contribution in [1.82, 2.24) is 10.4 Å². The summed E-state index contributed by atoms with van der Waals surface area (Å²) in [6.45, 7) is 0.793. The summed E-state index contributed by atoms with van der Waals surface area (Å²) >= 11 is 1.43. The van der Waals surface area contributed by atoms with Gasteiger partial charge in [-0.15, -0.1) is 11.3 Å². The number of thiazole rings is 1. The van der Waals surface area contributed by atoms with Crippen LogP contribution in [0.15, 0.2) is 0 Å². The second-order valence-electron chi connectivity index (χ2n) is 4.52. The van der Waals surface area contributed by atoms with Crippen molar-refractivity contribution in [2.75, 3.05) is 6.61 Å². The first-order valence-corrected chi connectivity index (χ1v) is 6.74. The molecule has 17 heavy (non-hydrogen) atoms. The minimum atomic E-state index is -0.228. The topological polar surface area (TPSA) is 77.2 Å². The van der Waals surface area contributed by atoms with E-state index in [4.69, 9.17) is 10.6 Å². The number of nitrogens with zero attached hydrogens (tertiary/aromatic N) is 1. The largest absolute Gasteiger partial charge is 0.371 e. The Morgan fingerprint density at radius 3 is 2.88 bits per heavy atom. The van der Waals surface area contributed by atoms with Crippen LogP contribution in [-0.2, 0) is 4.74 Å². The average molecular weight is 253 g/mol. The number of hydrazine groups is 1. The van der Waals surface area contributed by atoms with Crippen LogP contribution in [0.4, 0.5) is 0 Å². The molecule has 0 bridgehead atoms. The zero-order chi connectivity index (χ0) is 11.8. The summed E-state index contributed by atoms with van der Waals surface area (Å²) in [4.78, 5) is 17.0. The average Bonchev–Trinajstić information content (AvgIpc) is 2.90. The number of amides is 1. The predicted octanol–water partition coefficient (Wildman–Crippen LogP) is 1.48. The van der Waals surface area contributed by atoms with Crippen molar-refractivity contribution in [3.05, 3.63) is 15.6 Å². The SMILES string of the molecule is NNC(=O)c1sc(C2CCCO2)nc1C1CC1. The fourth-order valence-corrected chi connectivity index (χ4v) is 3.26. The Labute approximate surface area is 103 Å². The van der Waals surface area contributed by atoms with Gasteiger partial charge in [0.05, 0.1) is 5.69 Å². The van der Waals surface area contributed by atoms with E-state index < -0.39 is 0 Å². The van der Waals surface area contributed by atoms with E-state index in [1.54, 1.807) is 0 Å². The van der Waals surface area contributed by atoms with Gasteiger partial charge in [-0.2, -0.15) is 0 Å². The third-order valence-corrected chi connectivity index (χ3v) is 4.34. The molecule has 1 aliphatic carbocycles. The van der Waals surface area contributed by atoms with Crippen LogP contribution in [0, 0.1) is 0 Å². The lowest BCUT2D eigenvalue weighted by Gasteiger charge is -2.03. The first kappa shape index (κ1) is 11.1. The van der Waals surface area contributed by atoms with Crippen molar-refractivity contribution in [3.63, 3.8) is 0 Å². The Balaban J connectivity index is 1.92. The van der Waals surface area contributed by atoms with Gasteiger partial charge in [0.25, 0.3) is 5.91 Å². The number of nitrogens with two attached hydrogens (primary N) is 1. The maximum absolute atomic E-state index is 11.7. The summed E-state index contributed by atoms with van der Waals surface area (Å²) in [6.07, 6.45) is 4.40. The number of aromatic nitrogens is 1. The molecular formula is C11H15N3O2S. The van der Waals surface area contributed by atoms with E-state index in [1.807, 2.05) is 0 Å². The van der Waals surface area contributed by atoms with Crippen molar-refractivity contribution >= 4 is 17.2 Å². The number of hydrogen-bond donors (Lipinski definition) is 2.